The van der Waals surface area contributed by atoms with E-state index in [1.54, 1.807) is 0 Å². The van der Waals surface area contributed by atoms with Gasteiger partial charge in [-0.2, -0.15) is 0 Å². The lowest BCUT2D eigenvalue weighted by molar-refractivity contribution is -0.138. The van der Waals surface area contributed by atoms with Crippen molar-refractivity contribution in [1.29, 1.82) is 0 Å². The molecule has 0 amide bonds. The summed E-state index contributed by atoms with van der Waals surface area (Å²) in [5.41, 5.74) is 0. The summed E-state index contributed by atoms with van der Waals surface area (Å²) in [5, 5.41) is 0.235. The number of carbonyl (C=O) groups is 1. The van der Waals surface area contributed by atoms with Gasteiger partial charge in [0.25, 0.3) is 8.32 Å². The Hall–Kier alpha value is -0.136. The largest absolute Gasteiger partial charge is 0.518 e. The van der Waals surface area contributed by atoms with Gasteiger partial charge in [-0.05, 0) is 29.1 Å². The molecule has 0 unspecified atom stereocenters. The maximum atomic E-state index is 12.8. The lowest BCUT2D eigenvalue weighted by atomic mass is 10.1. The normalized spacial score (nSPS) is 15.9. The first-order valence-corrected chi connectivity index (χ1v) is 14.3. The van der Waals surface area contributed by atoms with E-state index >= 15 is 0 Å². The van der Waals surface area contributed by atoms with Crippen molar-refractivity contribution >= 4 is 22.5 Å². The molecule has 0 fully saturated rings. The third-order valence-electron chi connectivity index (χ3n) is 5.47. The van der Waals surface area contributed by atoms with Crippen LogP contribution in [0.5, 0.6) is 0 Å². The molecule has 0 saturated carbocycles. The van der Waals surface area contributed by atoms with Crippen molar-refractivity contribution in [3.63, 3.8) is 0 Å². The molecule has 0 bridgehead atoms. The lowest BCUT2D eigenvalue weighted by Crippen LogP contribution is -2.61. The summed E-state index contributed by atoms with van der Waals surface area (Å²) in [7, 11) is -3.82. The first-order chi connectivity index (χ1) is 9.42. The average Bonchev–Trinajstić information content (AvgIpc) is 2.21. The SMILES string of the molecule is CC(C)[C@H](N[Si](C)(C)C(C)(C)C)C(=O)O[Si](C)(C)C(C)(C)C. The minimum absolute atomic E-state index is 0.0428. The Bertz CT molecular complexity index is 390. The van der Waals surface area contributed by atoms with Gasteiger partial charge in [-0.15, -0.1) is 0 Å². The maximum Gasteiger partial charge on any atom is 0.309 e. The van der Waals surface area contributed by atoms with Crippen LogP contribution in [0.1, 0.15) is 55.4 Å². The molecule has 0 aromatic rings. The van der Waals surface area contributed by atoms with Gasteiger partial charge in [-0.1, -0.05) is 68.5 Å². The molecule has 1 N–H and O–H groups in total. The predicted molar refractivity (Wildman–Crippen MR) is 102 cm³/mol. The van der Waals surface area contributed by atoms with Gasteiger partial charge in [0.2, 0.25) is 0 Å². The molecule has 0 radical (unpaired) electrons. The summed E-state index contributed by atoms with van der Waals surface area (Å²) in [5.74, 6) is 0.165. The van der Waals surface area contributed by atoms with Crippen LogP contribution in [0.4, 0.5) is 0 Å². The van der Waals surface area contributed by atoms with Gasteiger partial charge in [-0.3, -0.25) is 4.79 Å². The van der Waals surface area contributed by atoms with Crippen LogP contribution in [-0.4, -0.2) is 28.6 Å². The van der Waals surface area contributed by atoms with Crippen molar-refractivity contribution in [2.45, 2.75) is 97.7 Å². The van der Waals surface area contributed by atoms with E-state index in [0.717, 1.165) is 0 Å². The Balaban J connectivity index is 5.26. The van der Waals surface area contributed by atoms with E-state index in [9.17, 15) is 4.79 Å². The van der Waals surface area contributed by atoms with Crippen molar-refractivity contribution in [2.24, 2.45) is 5.92 Å². The molecule has 0 aromatic heterocycles. The Morgan fingerprint density at radius 3 is 1.59 bits per heavy atom. The fourth-order valence-corrected chi connectivity index (χ4v) is 4.17. The van der Waals surface area contributed by atoms with E-state index in [1.165, 1.54) is 0 Å². The third-order valence-corrected chi connectivity index (χ3v) is 14.6. The molecule has 0 aliphatic carbocycles. The molecular formula is C17H39NO2Si2. The molecule has 132 valence electrons. The second-order valence-corrected chi connectivity index (χ2v) is 19.7. The van der Waals surface area contributed by atoms with Crippen molar-refractivity contribution < 1.29 is 9.22 Å². The first kappa shape index (κ1) is 21.9. The number of rotatable bonds is 5. The first-order valence-electron chi connectivity index (χ1n) is 8.43. The van der Waals surface area contributed by atoms with Gasteiger partial charge < -0.3 is 9.41 Å². The van der Waals surface area contributed by atoms with Crippen LogP contribution >= 0.6 is 0 Å². The smallest absolute Gasteiger partial charge is 0.309 e. The highest BCUT2D eigenvalue weighted by molar-refractivity contribution is 6.78. The number of hydrogen-bond acceptors (Lipinski definition) is 3. The fraction of sp³-hybridized carbons (Fsp3) is 0.941. The van der Waals surface area contributed by atoms with Gasteiger partial charge in [0.05, 0.1) is 0 Å². The zero-order valence-electron chi connectivity index (χ0n) is 17.0. The molecule has 0 heterocycles. The van der Waals surface area contributed by atoms with Gasteiger partial charge in [0, 0.05) is 0 Å². The predicted octanol–water partition coefficient (Wildman–Crippen LogP) is 5.15. The highest BCUT2D eigenvalue weighted by Crippen LogP contribution is 2.38. The Kier molecular flexibility index (Phi) is 6.73. The average molecular weight is 346 g/mol. The standard InChI is InChI=1S/C17H39NO2Si2/c1-13(2)14(18-21(9,10)16(3,4)5)15(19)20-22(11,12)17(6,7)8/h13-14,18H,1-12H3/t14-/m0/s1. The highest BCUT2D eigenvalue weighted by Gasteiger charge is 2.44. The molecule has 0 rings (SSSR count). The van der Waals surface area contributed by atoms with Crippen molar-refractivity contribution in [2.75, 3.05) is 0 Å². The summed E-state index contributed by atoms with van der Waals surface area (Å²) < 4.78 is 6.04. The molecule has 0 saturated heterocycles. The summed E-state index contributed by atoms with van der Waals surface area (Å²) in [6.45, 7) is 26.3. The van der Waals surface area contributed by atoms with Crippen molar-refractivity contribution in [1.82, 2.24) is 4.98 Å². The van der Waals surface area contributed by atoms with Crippen LogP contribution < -0.4 is 4.98 Å². The number of hydrogen-bond donors (Lipinski definition) is 1. The molecule has 1 atom stereocenters. The van der Waals surface area contributed by atoms with E-state index in [4.69, 9.17) is 4.43 Å². The van der Waals surface area contributed by atoms with Crippen molar-refractivity contribution in [3.8, 4) is 0 Å². The molecule has 0 aliphatic heterocycles. The topological polar surface area (TPSA) is 38.3 Å². The Labute approximate surface area is 140 Å². The monoisotopic (exact) mass is 345 g/mol. The van der Waals surface area contributed by atoms with Crippen LogP contribution in [-0.2, 0) is 9.22 Å². The molecule has 0 aliphatic rings. The van der Waals surface area contributed by atoms with E-state index in [-0.39, 0.29) is 28.0 Å². The van der Waals surface area contributed by atoms with E-state index < -0.39 is 16.6 Å². The van der Waals surface area contributed by atoms with E-state index in [0.29, 0.717) is 0 Å². The van der Waals surface area contributed by atoms with E-state index in [2.05, 4.69) is 86.6 Å². The minimum atomic E-state index is -2.07. The number of nitrogens with one attached hydrogen (secondary N) is 1. The van der Waals surface area contributed by atoms with Gasteiger partial charge in [0.1, 0.15) is 14.3 Å². The highest BCUT2D eigenvalue weighted by atomic mass is 28.4. The second kappa shape index (κ2) is 6.77. The summed E-state index contributed by atoms with van der Waals surface area (Å²) in [4.78, 5) is 16.5. The molecular weight excluding hydrogens is 306 g/mol. The molecule has 22 heavy (non-hydrogen) atoms. The van der Waals surface area contributed by atoms with Crippen molar-refractivity contribution in [3.05, 3.63) is 0 Å². The molecule has 0 spiro atoms. The van der Waals surface area contributed by atoms with Gasteiger partial charge in [-0.25, -0.2) is 0 Å². The van der Waals surface area contributed by atoms with Gasteiger partial charge in [0.15, 0.2) is 0 Å². The minimum Gasteiger partial charge on any atom is -0.518 e. The van der Waals surface area contributed by atoms with Crippen LogP contribution in [0.2, 0.25) is 36.3 Å². The van der Waals surface area contributed by atoms with E-state index in [1.807, 2.05) is 0 Å². The Morgan fingerprint density at radius 1 is 0.909 bits per heavy atom. The molecule has 5 heteroatoms. The van der Waals surface area contributed by atoms with Crippen LogP contribution in [0, 0.1) is 5.92 Å². The second-order valence-electron chi connectivity index (χ2n) is 9.92. The lowest BCUT2D eigenvalue weighted by Gasteiger charge is -2.42. The quantitative estimate of drug-likeness (QED) is 0.700. The zero-order valence-corrected chi connectivity index (χ0v) is 19.0. The summed E-state index contributed by atoms with van der Waals surface area (Å²) >= 11 is 0. The fourth-order valence-electron chi connectivity index (χ4n) is 1.57. The number of carbonyl (C=O) groups excluding carboxylic acids is 1. The summed E-state index contributed by atoms with van der Waals surface area (Å²) in [6.07, 6.45) is 0. The molecule has 0 aromatic carbocycles. The van der Waals surface area contributed by atoms with Gasteiger partial charge >= 0.3 is 5.97 Å². The van der Waals surface area contributed by atoms with Crippen LogP contribution in [0.15, 0.2) is 0 Å². The summed E-state index contributed by atoms with van der Waals surface area (Å²) in [6, 6.07) is -0.213. The van der Waals surface area contributed by atoms with Crippen LogP contribution in [0.25, 0.3) is 0 Å². The zero-order chi connectivity index (χ0) is 18.1. The van der Waals surface area contributed by atoms with Crippen LogP contribution in [0.3, 0.4) is 0 Å². The maximum absolute atomic E-state index is 12.8. The Morgan fingerprint density at radius 2 is 1.32 bits per heavy atom. The third kappa shape index (κ3) is 5.50. The molecule has 3 nitrogen and oxygen atoms in total.